The highest BCUT2D eigenvalue weighted by Crippen LogP contribution is 2.14. The summed E-state index contributed by atoms with van der Waals surface area (Å²) in [4.78, 5) is 25.5. The van der Waals surface area contributed by atoms with Crippen LogP contribution >= 0.6 is 0 Å². The van der Waals surface area contributed by atoms with Crippen molar-refractivity contribution in [3.63, 3.8) is 0 Å². The zero-order chi connectivity index (χ0) is 19.9. The van der Waals surface area contributed by atoms with Gasteiger partial charge in [0.25, 0.3) is 11.8 Å². The van der Waals surface area contributed by atoms with Crippen LogP contribution in [0.15, 0.2) is 67.0 Å². The van der Waals surface area contributed by atoms with Gasteiger partial charge in [0.05, 0.1) is 5.69 Å². The number of hydrogen-bond acceptors (Lipinski definition) is 4. The lowest BCUT2D eigenvalue weighted by atomic mass is 10.1. The van der Waals surface area contributed by atoms with Crippen LogP contribution in [0.2, 0.25) is 0 Å². The van der Waals surface area contributed by atoms with E-state index >= 15 is 0 Å². The second-order valence-corrected chi connectivity index (χ2v) is 6.40. The van der Waals surface area contributed by atoms with Gasteiger partial charge >= 0.3 is 0 Å². The summed E-state index contributed by atoms with van der Waals surface area (Å²) in [6, 6.07) is 16.4. The van der Waals surface area contributed by atoms with Gasteiger partial charge in [0.1, 0.15) is 5.75 Å². The van der Waals surface area contributed by atoms with Crippen molar-refractivity contribution >= 4 is 11.8 Å². The molecule has 0 saturated carbocycles. The van der Waals surface area contributed by atoms with Crippen LogP contribution in [0.1, 0.15) is 15.9 Å². The Morgan fingerprint density at radius 2 is 1.89 bits per heavy atom. The van der Waals surface area contributed by atoms with Gasteiger partial charge < -0.3 is 15.0 Å². The SMILES string of the molecule is CN(C)C(=O)COc1cccc(C(=O)NCc2ccc(-n3cccn3)cc2)c1. The van der Waals surface area contributed by atoms with Crippen molar-refractivity contribution in [1.29, 1.82) is 0 Å². The maximum absolute atomic E-state index is 12.4. The molecule has 3 rings (SSSR count). The minimum absolute atomic E-state index is 0.0688. The normalized spacial score (nSPS) is 10.4. The average molecular weight is 378 g/mol. The van der Waals surface area contributed by atoms with Crippen LogP contribution in [0, 0.1) is 0 Å². The van der Waals surface area contributed by atoms with E-state index in [9.17, 15) is 9.59 Å². The summed E-state index contributed by atoms with van der Waals surface area (Å²) in [5, 5.41) is 7.07. The molecule has 0 saturated heterocycles. The first-order chi connectivity index (χ1) is 13.5. The number of likely N-dealkylation sites (N-methyl/N-ethyl adjacent to an activating group) is 1. The summed E-state index contributed by atoms with van der Waals surface area (Å²) in [5.74, 6) is 0.125. The highest BCUT2D eigenvalue weighted by atomic mass is 16.5. The third kappa shape index (κ3) is 4.97. The summed E-state index contributed by atoms with van der Waals surface area (Å²) in [5.41, 5.74) is 2.41. The fourth-order valence-electron chi connectivity index (χ4n) is 2.47. The molecule has 0 radical (unpaired) electrons. The van der Waals surface area contributed by atoms with E-state index in [2.05, 4.69) is 10.4 Å². The molecule has 2 amide bonds. The van der Waals surface area contributed by atoms with E-state index in [1.807, 2.05) is 36.5 Å². The van der Waals surface area contributed by atoms with Gasteiger partial charge in [-0.15, -0.1) is 0 Å². The van der Waals surface area contributed by atoms with Crippen LogP contribution in [0.3, 0.4) is 0 Å². The van der Waals surface area contributed by atoms with Crippen LogP contribution in [-0.4, -0.2) is 47.2 Å². The van der Waals surface area contributed by atoms with E-state index < -0.39 is 0 Å². The lowest BCUT2D eigenvalue weighted by Crippen LogP contribution is -2.27. The van der Waals surface area contributed by atoms with Crippen molar-refractivity contribution in [2.75, 3.05) is 20.7 Å². The molecule has 1 N–H and O–H groups in total. The molecule has 0 bridgehead atoms. The molecule has 0 aliphatic heterocycles. The van der Waals surface area contributed by atoms with Gasteiger partial charge in [0, 0.05) is 38.6 Å². The maximum Gasteiger partial charge on any atom is 0.259 e. The minimum atomic E-state index is -0.208. The van der Waals surface area contributed by atoms with Gasteiger partial charge in [0.15, 0.2) is 6.61 Å². The number of hydrogen-bond donors (Lipinski definition) is 1. The third-order valence-corrected chi connectivity index (χ3v) is 4.12. The quantitative estimate of drug-likeness (QED) is 0.684. The Balaban J connectivity index is 1.56. The Hall–Kier alpha value is -3.61. The van der Waals surface area contributed by atoms with Crippen molar-refractivity contribution in [3.05, 3.63) is 78.1 Å². The van der Waals surface area contributed by atoms with Gasteiger partial charge in [0.2, 0.25) is 0 Å². The molecule has 7 heteroatoms. The van der Waals surface area contributed by atoms with E-state index in [0.717, 1.165) is 11.3 Å². The summed E-state index contributed by atoms with van der Waals surface area (Å²) in [6.07, 6.45) is 3.60. The molecule has 0 fully saturated rings. The van der Waals surface area contributed by atoms with E-state index in [0.29, 0.717) is 17.9 Å². The Morgan fingerprint density at radius 1 is 1.11 bits per heavy atom. The molecule has 7 nitrogen and oxygen atoms in total. The van der Waals surface area contributed by atoms with E-state index in [-0.39, 0.29) is 18.4 Å². The molecule has 1 aromatic heterocycles. The number of benzene rings is 2. The Labute approximate surface area is 163 Å². The lowest BCUT2D eigenvalue weighted by molar-refractivity contribution is -0.130. The van der Waals surface area contributed by atoms with Crippen LogP contribution < -0.4 is 10.1 Å². The highest BCUT2D eigenvalue weighted by Gasteiger charge is 2.09. The zero-order valence-corrected chi connectivity index (χ0v) is 15.8. The van der Waals surface area contributed by atoms with Crippen molar-refractivity contribution in [2.24, 2.45) is 0 Å². The fraction of sp³-hybridized carbons (Fsp3) is 0.190. The minimum Gasteiger partial charge on any atom is -0.484 e. The monoisotopic (exact) mass is 378 g/mol. The highest BCUT2D eigenvalue weighted by molar-refractivity contribution is 5.94. The summed E-state index contributed by atoms with van der Waals surface area (Å²) >= 11 is 0. The molecule has 0 aliphatic carbocycles. The first-order valence-corrected chi connectivity index (χ1v) is 8.83. The van der Waals surface area contributed by atoms with Crippen molar-refractivity contribution in [3.8, 4) is 11.4 Å². The molecule has 1 heterocycles. The zero-order valence-electron chi connectivity index (χ0n) is 15.8. The molecule has 3 aromatic rings. The number of aromatic nitrogens is 2. The smallest absolute Gasteiger partial charge is 0.259 e. The van der Waals surface area contributed by atoms with Gasteiger partial charge in [-0.1, -0.05) is 18.2 Å². The first kappa shape index (κ1) is 19.2. The number of nitrogens with one attached hydrogen (secondary N) is 1. The van der Waals surface area contributed by atoms with Gasteiger partial charge in [-0.25, -0.2) is 4.68 Å². The fourth-order valence-corrected chi connectivity index (χ4v) is 2.47. The molecule has 144 valence electrons. The number of amides is 2. The van der Waals surface area contributed by atoms with Crippen molar-refractivity contribution < 1.29 is 14.3 Å². The number of carbonyl (C=O) groups excluding carboxylic acids is 2. The number of ether oxygens (including phenoxy) is 1. The van der Waals surface area contributed by atoms with Crippen molar-refractivity contribution in [1.82, 2.24) is 20.0 Å². The predicted molar refractivity (Wildman–Crippen MR) is 105 cm³/mol. The van der Waals surface area contributed by atoms with Crippen LogP contribution in [0.4, 0.5) is 0 Å². The molecule has 0 atom stereocenters. The molecular formula is C21H22N4O3. The van der Waals surface area contributed by atoms with Gasteiger partial charge in [-0.05, 0) is 42.0 Å². The van der Waals surface area contributed by atoms with Gasteiger partial charge in [-0.3, -0.25) is 9.59 Å². The maximum atomic E-state index is 12.4. The van der Waals surface area contributed by atoms with Crippen LogP contribution in [0.5, 0.6) is 5.75 Å². The second-order valence-electron chi connectivity index (χ2n) is 6.40. The van der Waals surface area contributed by atoms with E-state index in [1.54, 1.807) is 49.2 Å². The van der Waals surface area contributed by atoms with E-state index in [1.165, 1.54) is 4.90 Å². The summed E-state index contributed by atoms with van der Waals surface area (Å²) in [7, 11) is 3.33. The summed E-state index contributed by atoms with van der Waals surface area (Å²) in [6.45, 7) is 0.336. The van der Waals surface area contributed by atoms with Crippen LogP contribution in [0.25, 0.3) is 5.69 Å². The predicted octanol–water partition coefficient (Wildman–Crippen LogP) is 2.27. The molecule has 0 spiro atoms. The van der Waals surface area contributed by atoms with Crippen molar-refractivity contribution in [2.45, 2.75) is 6.54 Å². The largest absolute Gasteiger partial charge is 0.484 e. The third-order valence-electron chi connectivity index (χ3n) is 4.12. The second kappa shape index (κ2) is 8.85. The molecule has 0 unspecified atom stereocenters. The Kier molecular flexibility index (Phi) is 6.06. The van der Waals surface area contributed by atoms with Gasteiger partial charge in [-0.2, -0.15) is 5.10 Å². The Morgan fingerprint density at radius 3 is 2.57 bits per heavy atom. The number of nitrogens with zero attached hydrogens (tertiary/aromatic N) is 3. The topological polar surface area (TPSA) is 76.5 Å². The molecule has 0 aliphatic rings. The van der Waals surface area contributed by atoms with E-state index in [4.69, 9.17) is 4.74 Å². The number of rotatable bonds is 7. The lowest BCUT2D eigenvalue weighted by Gasteiger charge is -2.12. The molecule has 2 aromatic carbocycles. The molecule has 28 heavy (non-hydrogen) atoms. The average Bonchev–Trinajstić information content (AvgIpc) is 3.25. The standard InChI is InChI=1S/C21H22N4O3/c1-24(2)20(26)15-28-19-6-3-5-17(13-19)21(27)22-14-16-7-9-18(10-8-16)25-12-4-11-23-25/h3-13H,14-15H2,1-2H3,(H,22,27). The summed E-state index contributed by atoms with van der Waals surface area (Å²) < 4.78 is 7.22. The molecular weight excluding hydrogens is 356 g/mol. The van der Waals surface area contributed by atoms with Crippen LogP contribution in [-0.2, 0) is 11.3 Å². The first-order valence-electron chi connectivity index (χ1n) is 8.83. The Bertz CT molecular complexity index is 935. The number of carbonyl (C=O) groups is 2.